The van der Waals surface area contributed by atoms with E-state index in [9.17, 15) is 14.0 Å². The second kappa shape index (κ2) is 6.74. The molecular formula is C13H16FNO3. The Kier molecular flexibility index (Phi) is 5.30. The van der Waals surface area contributed by atoms with Gasteiger partial charge in [0.05, 0.1) is 5.92 Å². The molecule has 0 saturated carbocycles. The molecule has 2 N–H and O–H groups in total. The van der Waals surface area contributed by atoms with Crippen molar-refractivity contribution in [3.8, 4) is 0 Å². The fourth-order valence-electron chi connectivity index (χ4n) is 1.60. The number of hydrogen-bond acceptors (Lipinski definition) is 2. The Morgan fingerprint density at radius 3 is 2.72 bits per heavy atom. The van der Waals surface area contributed by atoms with Gasteiger partial charge in [0.15, 0.2) is 0 Å². The molecule has 0 fully saturated rings. The number of benzene rings is 1. The lowest BCUT2D eigenvalue weighted by Crippen LogP contribution is -2.17. The number of carboxylic acid groups (broad SMARTS) is 1. The number of anilines is 1. The normalized spacial score (nSPS) is 11.9. The van der Waals surface area contributed by atoms with Crippen molar-refractivity contribution < 1.29 is 19.1 Å². The molecule has 5 heteroatoms. The van der Waals surface area contributed by atoms with Crippen LogP contribution in [-0.2, 0) is 9.59 Å². The van der Waals surface area contributed by atoms with Gasteiger partial charge in [-0.05, 0) is 31.0 Å². The van der Waals surface area contributed by atoms with E-state index < -0.39 is 17.7 Å². The molecule has 0 spiro atoms. The second-order valence-electron chi connectivity index (χ2n) is 4.04. The summed E-state index contributed by atoms with van der Waals surface area (Å²) in [5, 5.41) is 11.4. The highest BCUT2D eigenvalue weighted by molar-refractivity contribution is 5.90. The third kappa shape index (κ3) is 4.53. The van der Waals surface area contributed by atoms with Gasteiger partial charge in [-0.15, -0.1) is 0 Å². The minimum atomic E-state index is -0.893. The van der Waals surface area contributed by atoms with E-state index in [4.69, 9.17) is 5.11 Å². The molecule has 1 atom stereocenters. The zero-order valence-corrected chi connectivity index (χ0v) is 10.1. The molecule has 0 saturated heterocycles. The molecule has 0 aliphatic rings. The van der Waals surface area contributed by atoms with Gasteiger partial charge in [-0.2, -0.15) is 0 Å². The predicted molar refractivity (Wildman–Crippen MR) is 65.7 cm³/mol. The molecule has 1 aromatic carbocycles. The standard InChI is InChI=1S/C13H16FNO3/c1-2-9(13(17)18)6-7-12(16)15-11-5-3-4-10(14)8-11/h3-5,8-9H,2,6-7H2,1H3,(H,15,16)(H,17,18). The Morgan fingerprint density at radius 2 is 2.17 bits per heavy atom. The van der Waals surface area contributed by atoms with Crippen molar-refractivity contribution in [2.75, 3.05) is 5.32 Å². The largest absolute Gasteiger partial charge is 0.481 e. The monoisotopic (exact) mass is 253 g/mol. The highest BCUT2D eigenvalue weighted by Crippen LogP contribution is 2.13. The first-order chi connectivity index (χ1) is 8.52. The number of amides is 1. The summed E-state index contributed by atoms with van der Waals surface area (Å²) in [5.41, 5.74) is 0.378. The lowest BCUT2D eigenvalue weighted by molar-refractivity contribution is -0.142. The van der Waals surface area contributed by atoms with Crippen molar-refractivity contribution >= 4 is 17.6 Å². The van der Waals surface area contributed by atoms with Crippen LogP contribution in [-0.4, -0.2) is 17.0 Å². The zero-order chi connectivity index (χ0) is 13.5. The maximum Gasteiger partial charge on any atom is 0.306 e. The van der Waals surface area contributed by atoms with Gasteiger partial charge in [0, 0.05) is 12.1 Å². The van der Waals surface area contributed by atoms with Crippen LogP contribution in [0.1, 0.15) is 26.2 Å². The van der Waals surface area contributed by atoms with Gasteiger partial charge >= 0.3 is 5.97 Å². The molecule has 18 heavy (non-hydrogen) atoms. The van der Waals surface area contributed by atoms with Gasteiger partial charge in [-0.3, -0.25) is 9.59 Å². The van der Waals surface area contributed by atoms with E-state index in [1.807, 2.05) is 0 Å². The van der Waals surface area contributed by atoms with E-state index in [0.29, 0.717) is 12.1 Å². The summed E-state index contributed by atoms with van der Waals surface area (Å²) in [6.45, 7) is 1.77. The number of carbonyl (C=O) groups excluding carboxylic acids is 1. The Labute approximate surface area is 105 Å². The van der Waals surface area contributed by atoms with Crippen molar-refractivity contribution in [2.45, 2.75) is 26.2 Å². The summed E-state index contributed by atoms with van der Waals surface area (Å²) < 4.78 is 12.9. The molecule has 4 nitrogen and oxygen atoms in total. The summed E-state index contributed by atoms with van der Waals surface area (Å²) in [6, 6.07) is 5.58. The summed E-state index contributed by atoms with van der Waals surface area (Å²) in [7, 11) is 0. The van der Waals surface area contributed by atoms with Crippen molar-refractivity contribution in [2.24, 2.45) is 5.92 Å². The van der Waals surface area contributed by atoms with E-state index in [0.717, 1.165) is 0 Å². The van der Waals surface area contributed by atoms with Gasteiger partial charge in [0.1, 0.15) is 5.82 Å². The van der Waals surface area contributed by atoms with Crippen LogP contribution < -0.4 is 5.32 Å². The third-order valence-corrected chi connectivity index (χ3v) is 2.67. The molecule has 1 unspecified atom stereocenters. The van der Waals surface area contributed by atoms with Crippen molar-refractivity contribution in [1.82, 2.24) is 0 Å². The van der Waals surface area contributed by atoms with Crippen molar-refractivity contribution in [3.63, 3.8) is 0 Å². The average Bonchev–Trinajstić information content (AvgIpc) is 2.29. The van der Waals surface area contributed by atoms with E-state index >= 15 is 0 Å². The van der Waals surface area contributed by atoms with Crippen LogP contribution in [0.3, 0.4) is 0 Å². The van der Waals surface area contributed by atoms with Gasteiger partial charge in [0.2, 0.25) is 5.91 Å². The first-order valence-electron chi connectivity index (χ1n) is 5.81. The van der Waals surface area contributed by atoms with Crippen molar-refractivity contribution in [1.29, 1.82) is 0 Å². The van der Waals surface area contributed by atoms with Gasteiger partial charge in [-0.1, -0.05) is 13.0 Å². The number of hydrogen-bond donors (Lipinski definition) is 2. The molecule has 0 radical (unpaired) electrons. The minimum absolute atomic E-state index is 0.112. The highest BCUT2D eigenvalue weighted by Gasteiger charge is 2.16. The molecule has 1 rings (SSSR count). The number of carboxylic acids is 1. The topological polar surface area (TPSA) is 66.4 Å². The molecule has 0 heterocycles. The smallest absolute Gasteiger partial charge is 0.306 e. The van der Waals surface area contributed by atoms with E-state index in [2.05, 4.69) is 5.32 Å². The number of aliphatic carboxylic acids is 1. The molecule has 0 bridgehead atoms. The number of rotatable bonds is 6. The van der Waals surface area contributed by atoms with Crippen molar-refractivity contribution in [3.05, 3.63) is 30.1 Å². The Bertz CT molecular complexity index is 434. The molecule has 0 aromatic heterocycles. The first-order valence-corrected chi connectivity index (χ1v) is 5.81. The fraction of sp³-hybridized carbons (Fsp3) is 0.385. The number of carbonyl (C=O) groups is 2. The predicted octanol–water partition coefficient (Wildman–Crippen LogP) is 2.66. The Morgan fingerprint density at radius 1 is 1.44 bits per heavy atom. The Hall–Kier alpha value is -1.91. The fourth-order valence-corrected chi connectivity index (χ4v) is 1.60. The van der Waals surface area contributed by atoms with Gasteiger partial charge in [-0.25, -0.2) is 4.39 Å². The Balaban J connectivity index is 2.45. The summed E-state index contributed by atoms with van der Waals surface area (Å²) in [6.07, 6.45) is 0.886. The maximum atomic E-state index is 12.9. The van der Waals surface area contributed by atoms with Crippen LogP contribution in [0.15, 0.2) is 24.3 Å². The molecule has 1 aromatic rings. The quantitative estimate of drug-likeness (QED) is 0.819. The highest BCUT2D eigenvalue weighted by atomic mass is 19.1. The van der Waals surface area contributed by atoms with E-state index in [1.54, 1.807) is 13.0 Å². The molecule has 1 amide bonds. The lowest BCUT2D eigenvalue weighted by atomic mass is 10.0. The molecule has 0 aliphatic heterocycles. The summed E-state index contributed by atoms with van der Waals surface area (Å²) >= 11 is 0. The third-order valence-electron chi connectivity index (χ3n) is 2.67. The van der Waals surface area contributed by atoms with Crippen LogP contribution in [0.2, 0.25) is 0 Å². The minimum Gasteiger partial charge on any atom is -0.481 e. The number of nitrogens with one attached hydrogen (secondary N) is 1. The molecule has 98 valence electrons. The van der Waals surface area contributed by atoms with E-state index in [-0.39, 0.29) is 18.7 Å². The maximum absolute atomic E-state index is 12.9. The lowest BCUT2D eigenvalue weighted by Gasteiger charge is -2.09. The van der Waals surface area contributed by atoms with Gasteiger partial charge < -0.3 is 10.4 Å². The SMILES string of the molecule is CCC(CCC(=O)Nc1cccc(F)c1)C(=O)O. The summed E-state index contributed by atoms with van der Waals surface area (Å²) in [4.78, 5) is 22.3. The number of halogens is 1. The van der Waals surface area contributed by atoms with Crippen LogP contribution in [0.4, 0.5) is 10.1 Å². The first kappa shape index (κ1) is 14.2. The second-order valence-corrected chi connectivity index (χ2v) is 4.04. The van der Waals surface area contributed by atoms with Crippen LogP contribution in [0.5, 0.6) is 0 Å². The summed E-state index contributed by atoms with van der Waals surface area (Å²) in [5.74, 6) is -2.13. The average molecular weight is 253 g/mol. The molecular weight excluding hydrogens is 237 g/mol. The van der Waals surface area contributed by atoms with Gasteiger partial charge in [0.25, 0.3) is 0 Å². The molecule has 0 aliphatic carbocycles. The van der Waals surface area contributed by atoms with Crippen LogP contribution in [0, 0.1) is 11.7 Å². The van der Waals surface area contributed by atoms with Crippen LogP contribution >= 0.6 is 0 Å². The van der Waals surface area contributed by atoms with E-state index in [1.165, 1.54) is 18.2 Å². The zero-order valence-electron chi connectivity index (χ0n) is 10.1. The van der Waals surface area contributed by atoms with Crippen LogP contribution in [0.25, 0.3) is 0 Å².